The molecular formula is C19H36O8. The van der Waals surface area contributed by atoms with E-state index < -0.39 is 0 Å². The normalized spacial score (nSPS) is 10.8. The first kappa shape index (κ1) is 26.0. The van der Waals surface area contributed by atoms with Gasteiger partial charge in [0.15, 0.2) is 0 Å². The molecule has 0 amide bonds. The lowest BCUT2D eigenvalue weighted by Gasteiger charge is -2.08. The minimum atomic E-state index is 0.511. The lowest BCUT2D eigenvalue weighted by atomic mass is 10.6. The molecular weight excluding hydrogens is 356 g/mol. The first-order valence-corrected chi connectivity index (χ1v) is 9.29. The molecule has 0 bridgehead atoms. The number of ether oxygens (including phenoxy) is 8. The number of hydrogen-bond acceptors (Lipinski definition) is 8. The maximum atomic E-state index is 5.40. The van der Waals surface area contributed by atoms with E-state index in [1.54, 1.807) is 6.08 Å². The van der Waals surface area contributed by atoms with Crippen LogP contribution in [0, 0.1) is 0 Å². The Balaban J connectivity index is 2.97. The molecule has 27 heavy (non-hydrogen) atoms. The van der Waals surface area contributed by atoms with Gasteiger partial charge in [-0.05, 0) is 0 Å². The van der Waals surface area contributed by atoms with Crippen LogP contribution < -0.4 is 0 Å². The van der Waals surface area contributed by atoms with Gasteiger partial charge in [-0.2, -0.15) is 0 Å². The summed E-state index contributed by atoms with van der Waals surface area (Å²) in [6, 6.07) is 0. The largest absolute Gasteiger partial charge is 0.499 e. The first-order valence-electron chi connectivity index (χ1n) is 9.29. The van der Waals surface area contributed by atoms with Crippen LogP contribution >= 0.6 is 0 Å². The van der Waals surface area contributed by atoms with Crippen molar-refractivity contribution in [1.29, 1.82) is 0 Å². The fourth-order valence-corrected chi connectivity index (χ4v) is 1.68. The highest BCUT2D eigenvalue weighted by molar-refractivity contribution is 4.63. The van der Waals surface area contributed by atoms with Crippen LogP contribution in [0.4, 0.5) is 0 Å². The lowest BCUT2D eigenvalue weighted by Crippen LogP contribution is -2.14. The molecule has 8 nitrogen and oxygen atoms in total. The maximum absolute atomic E-state index is 5.40. The van der Waals surface area contributed by atoms with Crippen LogP contribution in [-0.2, 0) is 37.9 Å². The highest BCUT2D eigenvalue weighted by Gasteiger charge is 1.94. The molecule has 0 aliphatic rings. The van der Waals surface area contributed by atoms with Gasteiger partial charge in [-0.15, -0.1) is 6.58 Å². The minimum Gasteiger partial charge on any atom is -0.499 e. The van der Waals surface area contributed by atoms with Gasteiger partial charge in [0, 0.05) is 0 Å². The summed E-state index contributed by atoms with van der Waals surface area (Å²) in [5, 5.41) is 0. The zero-order valence-corrected chi connectivity index (χ0v) is 16.4. The van der Waals surface area contributed by atoms with Crippen molar-refractivity contribution in [2.75, 3.05) is 99.1 Å². The van der Waals surface area contributed by atoms with Gasteiger partial charge in [-0.25, -0.2) is 0 Å². The molecule has 160 valence electrons. The van der Waals surface area contributed by atoms with Crippen LogP contribution in [0.5, 0.6) is 0 Å². The highest BCUT2D eigenvalue weighted by Crippen LogP contribution is 1.85. The van der Waals surface area contributed by atoms with Crippen molar-refractivity contribution in [2.24, 2.45) is 0 Å². The van der Waals surface area contributed by atoms with E-state index >= 15 is 0 Å². The Morgan fingerprint density at radius 1 is 0.407 bits per heavy atom. The van der Waals surface area contributed by atoms with E-state index in [-0.39, 0.29) is 0 Å². The van der Waals surface area contributed by atoms with Crippen molar-refractivity contribution in [1.82, 2.24) is 0 Å². The van der Waals surface area contributed by atoms with Crippen LogP contribution in [0.15, 0.2) is 25.5 Å². The predicted octanol–water partition coefficient (Wildman–Crippen LogP) is 1.45. The van der Waals surface area contributed by atoms with Gasteiger partial charge in [-0.3, -0.25) is 0 Å². The Kier molecular flexibility index (Phi) is 24.1. The van der Waals surface area contributed by atoms with Gasteiger partial charge in [-0.1, -0.05) is 12.7 Å². The average molecular weight is 392 g/mol. The van der Waals surface area contributed by atoms with Gasteiger partial charge < -0.3 is 37.9 Å². The topological polar surface area (TPSA) is 73.8 Å². The van der Waals surface area contributed by atoms with E-state index in [2.05, 4.69) is 13.2 Å². The summed E-state index contributed by atoms with van der Waals surface area (Å²) in [5.74, 6) is 0. The SMILES string of the molecule is C=CCOCCOCCOCCOCCOCCOCCOCCOC=C. The Hall–Kier alpha value is -1.00. The third-order valence-corrected chi connectivity index (χ3v) is 2.93. The molecule has 0 aliphatic heterocycles. The molecule has 0 atom stereocenters. The quantitative estimate of drug-likeness (QED) is 0.139. The molecule has 0 saturated carbocycles. The molecule has 0 rings (SSSR count). The van der Waals surface area contributed by atoms with E-state index in [1.165, 1.54) is 6.26 Å². The van der Waals surface area contributed by atoms with Crippen LogP contribution in [-0.4, -0.2) is 99.1 Å². The summed E-state index contributed by atoms with van der Waals surface area (Å²) in [6.45, 7) is 15.1. The monoisotopic (exact) mass is 392 g/mol. The van der Waals surface area contributed by atoms with E-state index in [9.17, 15) is 0 Å². The molecule has 0 unspecified atom stereocenters. The number of rotatable bonds is 24. The van der Waals surface area contributed by atoms with Crippen LogP contribution in [0.1, 0.15) is 0 Å². The molecule has 0 saturated heterocycles. The van der Waals surface area contributed by atoms with E-state index in [4.69, 9.17) is 37.9 Å². The Labute approximate surface area is 163 Å². The van der Waals surface area contributed by atoms with Gasteiger partial charge in [0.25, 0.3) is 0 Å². The second kappa shape index (κ2) is 25.0. The summed E-state index contributed by atoms with van der Waals surface area (Å²) >= 11 is 0. The van der Waals surface area contributed by atoms with Crippen molar-refractivity contribution in [3.8, 4) is 0 Å². The van der Waals surface area contributed by atoms with Gasteiger partial charge >= 0.3 is 0 Å². The molecule has 0 spiro atoms. The average Bonchev–Trinajstić information content (AvgIpc) is 2.68. The summed E-state index contributed by atoms with van der Waals surface area (Å²) in [6.07, 6.45) is 3.11. The molecule has 0 aliphatic carbocycles. The molecule has 0 aromatic carbocycles. The van der Waals surface area contributed by atoms with Crippen molar-refractivity contribution in [3.63, 3.8) is 0 Å². The molecule has 0 fully saturated rings. The van der Waals surface area contributed by atoms with E-state index in [1.807, 2.05) is 0 Å². The Bertz CT molecular complexity index is 273. The second-order valence-corrected chi connectivity index (χ2v) is 5.08. The minimum absolute atomic E-state index is 0.511. The second-order valence-electron chi connectivity index (χ2n) is 5.08. The summed E-state index contributed by atoms with van der Waals surface area (Å²) < 4.78 is 42.3. The van der Waals surface area contributed by atoms with Gasteiger partial charge in [0.05, 0.1) is 98.8 Å². The fraction of sp³-hybridized carbons (Fsp3) is 0.789. The zero-order chi connectivity index (χ0) is 19.7. The molecule has 0 heterocycles. The predicted molar refractivity (Wildman–Crippen MR) is 102 cm³/mol. The van der Waals surface area contributed by atoms with E-state index in [0.29, 0.717) is 99.1 Å². The van der Waals surface area contributed by atoms with Gasteiger partial charge in [0.1, 0.15) is 6.61 Å². The summed E-state index contributed by atoms with van der Waals surface area (Å²) in [5.41, 5.74) is 0. The van der Waals surface area contributed by atoms with Crippen molar-refractivity contribution in [3.05, 3.63) is 25.5 Å². The summed E-state index contributed by atoms with van der Waals surface area (Å²) in [4.78, 5) is 0. The van der Waals surface area contributed by atoms with Crippen LogP contribution in [0.2, 0.25) is 0 Å². The molecule has 0 N–H and O–H groups in total. The lowest BCUT2D eigenvalue weighted by molar-refractivity contribution is -0.0210. The van der Waals surface area contributed by atoms with E-state index in [0.717, 1.165) is 0 Å². The molecule has 8 heteroatoms. The zero-order valence-electron chi connectivity index (χ0n) is 16.4. The third kappa shape index (κ3) is 25.0. The summed E-state index contributed by atoms with van der Waals surface area (Å²) in [7, 11) is 0. The third-order valence-electron chi connectivity index (χ3n) is 2.93. The maximum Gasteiger partial charge on any atom is 0.111 e. The smallest absolute Gasteiger partial charge is 0.111 e. The highest BCUT2D eigenvalue weighted by atomic mass is 16.6. The van der Waals surface area contributed by atoms with Crippen LogP contribution in [0.25, 0.3) is 0 Å². The standard InChI is InChI=1S/C19H36O8/c1-3-5-21-8-9-23-12-13-25-16-17-27-19-18-26-15-14-24-11-10-22-7-6-20-4-2/h3-4H,1-2,5-19H2. The molecule has 0 radical (unpaired) electrons. The van der Waals surface area contributed by atoms with Crippen molar-refractivity contribution >= 4 is 0 Å². The molecule has 0 aromatic heterocycles. The first-order chi connectivity index (χ1) is 13.4. The molecule has 0 aromatic rings. The fourth-order valence-electron chi connectivity index (χ4n) is 1.68. The number of hydrogen-bond donors (Lipinski definition) is 0. The van der Waals surface area contributed by atoms with Crippen molar-refractivity contribution in [2.45, 2.75) is 0 Å². The Morgan fingerprint density at radius 2 is 0.704 bits per heavy atom. The van der Waals surface area contributed by atoms with Gasteiger partial charge in [0.2, 0.25) is 0 Å². The van der Waals surface area contributed by atoms with Crippen LogP contribution in [0.3, 0.4) is 0 Å². The van der Waals surface area contributed by atoms with Crippen molar-refractivity contribution < 1.29 is 37.9 Å². The Morgan fingerprint density at radius 3 is 1.00 bits per heavy atom.